The predicted molar refractivity (Wildman–Crippen MR) is 102 cm³/mol. The smallest absolute Gasteiger partial charge is 0.190 e. The number of hydrogen-bond acceptors (Lipinski definition) is 3. The molecule has 0 spiro atoms. The largest absolute Gasteiger partial charge is 0.386 e. The molecule has 0 aromatic rings. The van der Waals surface area contributed by atoms with Crippen LogP contribution in [0.15, 0.2) is 46.6 Å². The Bertz CT molecular complexity index is 632. The monoisotopic (exact) mass is 344 g/mol. The van der Waals surface area contributed by atoms with Crippen LogP contribution in [0.1, 0.15) is 66.7 Å². The van der Waals surface area contributed by atoms with E-state index in [4.69, 9.17) is 4.74 Å². The van der Waals surface area contributed by atoms with Crippen molar-refractivity contribution < 1.29 is 14.6 Å². The highest BCUT2D eigenvalue weighted by Crippen LogP contribution is 2.48. The highest BCUT2D eigenvalue weighted by atomic mass is 16.6. The third-order valence-corrected chi connectivity index (χ3v) is 5.15. The van der Waals surface area contributed by atoms with Gasteiger partial charge in [0.05, 0.1) is 0 Å². The van der Waals surface area contributed by atoms with Crippen LogP contribution < -0.4 is 0 Å². The highest BCUT2D eigenvalue weighted by molar-refractivity contribution is 6.02. The molecule has 2 rings (SSSR count). The number of ether oxygens (including phenoxy) is 1. The van der Waals surface area contributed by atoms with E-state index in [2.05, 4.69) is 45.9 Å². The summed E-state index contributed by atoms with van der Waals surface area (Å²) in [6.45, 7) is 10.3. The van der Waals surface area contributed by atoms with Crippen LogP contribution in [0.25, 0.3) is 0 Å². The maximum atomic E-state index is 12.2. The van der Waals surface area contributed by atoms with Gasteiger partial charge in [-0.2, -0.15) is 0 Å². The Labute approximate surface area is 152 Å². The first-order valence-corrected chi connectivity index (χ1v) is 9.29. The van der Waals surface area contributed by atoms with Crippen molar-refractivity contribution in [1.29, 1.82) is 0 Å². The zero-order valence-electron chi connectivity index (χ0n) is 16.3. The van der Waals surface area contributed by atoms with Crippen LogP contribution in [0.3, 0.4) is 0 Å². The average molecular weight is 344 g/mol. The van der Waals surface area contributed by atoms with E-state index in [0.29, 0.717) is 12.0 Å². The van der Waals surface area contributed by atoms with Gasteiger partial charge in [0.2, 0.25) is 0 Å². The van der Waals surface area contributed by atoms with E-state index in [9.17, 15) is 9.90 Å². The Hall–Kier alpha value is -1.45. The molecular formula is C22H32O3. The quantitative estimate of drug-likeness (QED) is 0.507. The number of aliphatic hydroxyl groups excluding tert-OH is 1. The number of hydrogen-bond donors (Lipinski definition) is 1. The summed E-state index contributed by atoms with van der Waals surface area (Å²) in [5.74, 6) is -0.000590. The second-order valence-electron chi connectivity index (χ2n) is 7.79. The van der Waals surface area contributed by atoms with Crippen LogP contribution >= 0.6 is 0 Å². The lowest BCUT2D eigenvalue weighted by Gasteiger charge is -2.17. The summed E-state index contributed by atoms with van der Waals surface area (Å²) in [5, 5.41) is 10.1. The fourth-order valence-electron chi connectivity index (χ4n) is 3.29. The Morgan fingerprint density at radius 2 is 1.72 bits per heavy atom. The molecule has 2 aliphatic rings. The van der Waals surface area contributed by atoms with Crippen molar-refractivity contribution in [2.45, 2.75) is 84.5 Å². The number of carbonyl (C=O) groups is 1. The lowest BCUT2D eigenvalue weighted by atomic mass is 9.84. The zero-order valence-corrected chi connectivity index (χ0v) is 16.3. The van der Waals surface area contributed by atoms with Crippen LogP contribution in [0.4, 0.5) is 0 Å². The van der Waals surface area contributed by atoms with Gasteiger partial charge >= 0.3 is 0 Å². The fourth-order valence-corrected chi connectivity index (χ4v) is 3.29. The van der Waals surface area contributed by atoms with E-state index < -0.39 is 11.7 Å². The molecule has 25 heavy (non-hydrogen) atoms. The Morgan fingerprint density at radius 1 is 1.12 bits per heavy atom. The van der Waals surface area contributed by atoms with Gasteiger partial charge in [0.15, 0.2) is 11.4 Å². The van der Waals surface area contributed by atoms with Gasteiger partial charge in [-0.05, 0) is 72.0 Å². The molecule has 0 bridgehead atoms. The molecule has 3 heteroatoms. The van der Waals surface area contributed by atoms with Gasteiger partial charge in [0.1, 0.15) is 12.2 Å². The van der Waals surface area contributed by atoms with Crippen LogP contribution in [-0.4, -0.2) is 28.7 Å². The molecule has 0 aromatic heterocycles. The third-order valence-electron chi connectivity index (χ3n) is 5.15. The Balaban J connectivity index is 1.80. The molecule has 138 valence electrons. The molecular weight excluding hydrogens is 312 g/mol. The maximum Gasteiger partial charge on any atom is 0.190 e. The van der Waals surface area contributed by atoms with Crippen LogP contribution in [0.5, 0.6) is 0 Å². The van der Waals surface area contributed by atoms with Crippen molar-refractivity contribution in [3.8, 4) is 0 Å². The number of fused-ring (bicyclic) bond motifs is 1. The molecule has 1 N–H and O–H groups in total. The molecule has 3 nitrogen and oxygen atoms in total. The maximum absolute atomic E-state index is 12.2. The van der Waals surface area contributed by atoms with E-state index in [0.717, 1.165) is 25.7 Å². The molecule has 0 saturated carbocycles. The number of ketones is 1. The molecule has 1 aliphatic heterocycles. The van der Waals surface area contributed by atoms with Gasteiger partial charge in [-0.1, -0.05) is 34.9 Å². The highest BCUT2D eigenvalue weighted by Gasteiger charge is 2.65. The lowest BCUT2D eigenvalue weighted by Crippen LogP contribution is -2.36. The van der Waals surface area contributed by atoms with Gasteiger partial charge in [-0.25, -0.2) is 0 Å². The van der Waals surface area contributed by atoms with Crippen molar-refractivity contribution in [2.24, 2.45) is 0 Å². The minimum absolute atomic E-state index is 0.000590. The van der Waals surface area contributed by atoms with Gasteiger partial charge in [-0.15, -0.1) is 0 Å². The molecule has 3 atom stereocenters. The summed E-state index contributed by atoms with van der Waals surface area (Å²) in [5.41, 5.74) is 3.98. The normalized spacial score (nSPS) is 29.2. The second kappa shape index (κ2) is 8.29. The Kier molecular flexibility index (Phi) is 6.59. The molecule has 1 aliphatic carbocycles. The number of allylic oxidation sites excluding steroid dienone is 5. The van der Waals surface area contributed by atoms with Crippen molar-refractivity contribution in [3.63, 3.8) is 0 Å². The first kappa shape index (κ1) is 19.9. The third kappa shape index (κ3) is 5.02. The first-order chi connectivity index (χ1) is 11.8. The summed E-state index contributed by atoms with van der Waals surface area (Å²) >= 11 is 0. The number of epoxide rings is 1. The standard InChI is InChI=1S/C22H32O3/c1-15(2)8-6-9-16(3)10-7-11-17(4)12-13-22-19(23)14-18(5)20(24)21(22)25-22/h8,10,12,14,20-21,24H,6-7,9,11,13H2,1-5H3/b16-10+,17-12+/t20-,21-,22-/m1/s1. The van der Waals surface area contributed by atoms with E-state index in [-0.39, 0.29) is 11.9 Å². The number of carbonyl (C=O) groups excluding carboxylic acids is 1. The number of aliphatic hydroxyl groups is 1. The van der Waals surface area contributed by atoms with E-state index in [1.807, 2.05) is 0 Å². The van der Waals surface area contributed by atoms with Crippen LogP contribution in [0, 0.1) is 0 Å². The summed E-state index contributed by atoms with van der Waals surface area (Å²) in [6.07, 6.45) is 12.0. The van der Waals surface area contributed by atoms with Crippen molar-refractivity contribution in [2.75, 3.05) is 0 Å². The van der Waals surface area contributed by atoms with Gasteiger partial charge in [0, 0.05) is 6.42 Å². The SMILES string of the molecule is CC(C)=CCC/C(C)=C/CC/C(C)=C/C[C@]12O[C@@H]1[C@H](O)C(C)=CC2=O. The first-order valence-electron chi connectivity index (χ1n) is 9.29. The summed E-state index contributed by atoms with van der Waals surface area (Å²) in [7, 11) is 0. The van der Waals surface area contributed by atoms with Gasteiger partial charge in [-0.3, -0.25) is 4.79 Å². The molecule has 0 aromatic carbocycles. The van der Waals surface area contributed by atoms with E-state index >= 15 is 0 Å². The summed E-state index contributed by atoms with van der Waals surface area (Å²) in [4.78, 5) is 12.2. The van der Waals surface area contributed by atoms with Gasteiger partial charge < -0.3 is 9.84 Å². The lowest BCUT2D eigenvalue weighted by molar-refractivity contribution is -0.119. The zero-order chi connectivity index (χ0) is 18.6. The van der Waals surface area contributed by atoms with Gasteiger partial charge in [0.25, 0.3) is 0 Å². The molecule has 0 unspecified atom stereocenters. The van der Waals surface area contributed by atoms with Crippen LogP contribution in [0.2, 0.25) is 0 Å². The van der Waals surface area contributed by atoms with E-state index in [1.54, 1.807) is 6.92 Å². The summed E-state index contributed by atoms with van der Waals surface area (Å²) in [6, 6.07) is 0. The molecule has 1 saturated heterocycles. The molecule has 0 amide bonds. The molecule has 0 radical (unpaired) electrons. The minimum atomic E-state index is -0.795. The van der Waals surface area contributed by atoms with Crippen molar-refractivity contribution >= 4 is 5.78 Å². The van der Waals surface area contributed by atoms with E-state index in [1.165, 1.54) is 22.8 Å². The van der Waals surface area contributed by atoms with Crippen LogP contribution in [-0.2, 0) is 9.53 Å². The molecule has 1 heterocycles. The predicted octanol–water partition coefficient (Wildman–Crippen LogP) is 4.82. The fraction of sp³-hybridized carbons (Fsp3) is 0.591. The summed E-state index contributed by atoms with van der Waals surface area (Å²) < 4.78 is 5.60. The topological polar surface area (TPSA) is 49.8 Å². The number of rotatable bonds is 8. The van der Waals surface area contributed by atoms with Crippen molar-refractivity contribution in [1.82, 2.24) is 0 Å². The minimum Gasteiger partial charge on any atom is -0.386 e. The Morgan fingerprint density at radius 3 is 2.36 bits per heavy atom. The average Bonchev–Trinajstić information content (AvgIpc) is 3.27. The van der Waals surface area contributed by atoms with Crippen molar-refractivity contribution in [3.05, 3.63) is 46.6 Å². The molecule has 1 fully saturated rings. The second-order valence-corrected chi connectivity index (χ2v) is 7.79.